The van der Waals surface area contributed by atoms with Gasteiger partial charge >= 0.3 is 0 Å². The summed E-state index contributed by atoms with van der Waals surface area (Å²) in [5.41, 5.74) is 2.24. The van der Waals surface area contributed by atoms with Crippen molar-refractivity contribution >= 4 is 15.9 Å². The van der Waals surface area contributed by atoms with Gasteiger partial charge in [0.1, 0.15) is 5.75 Å². The third-order valence-electron chi connectivity index (χ3n) is 3.80. The molecule has 2 unspecified atom stereocenters. The Morgan fingerprint density at radius 2 is 2.05 bits per heavy atom. The molecule has 1 aliphatic rings. The maximum Gasteiger partial charge on any atom is 0.124 e. The van der Waals surface area contributed by atoms with Crippen LogP contribution in [0.15, 0.2) is 53.0 Å². The number of nitrogens with one attached hydrogen (secondary N) is 1. The van der Waals surface area contributed by atoms with Crippen LogP contribution in [-0.4, -0.2) is 18.3 Å². The van der Waals surface area contributed by atoms with Crippen LogP contribution in [0.5, 0.6) is 5.75 Å². The fraction of sp³-hybridized carbons (Fsp3) is 0.294. The van der Waals surface area contributed by atoms with Crippen LogP contribution in [0.2, 0.25) is 0 Å². The van der Waals surface area contributed by atoms with Crippen LogP contribution in [0.1, 0.15) is 29.6 Å². The maximum atomic E-state index is 9.71. The Labute approximate surface area is 133 Å². The lowest BCUT2D eigenvalue weighted by molar-refractivity contribution is 0.204. The van der Waals surface area contributed by atoms with Gasteiger partial charge in [-0.1, -0.05) is 46.3 Å². The first-order valence-electron chi connectivity index (χ1n) is 7.12. The molecule has 2 aromatic rings. The van der Waals surface area contributed by atoms with E-state index in [1.54, 1.807) is 0 Å². The molecule has 0 spiro atoms. The number of aliphatic hydroxyl groups is 1. The Hall–Kier alpha value is -1.36. The summed E-state index contributed by atoms with van der Waals surface area (Å²) in [6, 6.07) is 16.2. The van der Waals surface area contributed by atoms with E-state index in [0.29, 0.717) is 6.61 Å². The zero-order valence-corrected chi connectivity index (χ0v) is 13.2. The first-order chi connectivity index (χ1) is 10.3. The van der Waals surface area contributed by atoms with Crippen molar-refractivity contribution in [2.24, 2.45) is 0 Å². The third kappa shape index (κ3) is 3.28. The van der Waals surface area contributed by atoms with Crippen molar-refractivity contribution in [3.05, 3.63) is 64.1 Å². The molecule has 110 valence electrons. The average Bonchev–Trinajstić information content (AvgIpc) is 2.53. The first-order valence-corrected chi connectivity index (χ1v) is 7.91. The van der Waals surface area contributed by atoms with E-state index < -0.39 is 0 Å². The Morgan fingerprint density at radius 3 is 2.81 bits per heavy atom. The molecule has 21 heavy (non-hydrogen) atoms. The van der Waals surface area contributed by atoms with Crippen molar-refractivity contribution in [1.29, 1.82) is 0 Å². The number of aliphatic hydroxyl groups excluding tert-OH is 1. The summed E-state index contributed by atoms with van der Waals surface area (Å²) in [6.45, 7) is 0.768. The molecule has 0 saturated heterocycles. The van der Waals surface area contributed by atoms with Crippen molar-refractivity contribution in [3.63, 3.8) is 0 Å². The van der Waals surface area contributed by atoms with E-state index in [1.165, 1.54) is 0 Å². The van der Waals surface area contributed by atoms with Gasteiger partial charge in [-0.05, 0) is 23.8 Å². The standard InChI is InChI=1S/C17H18BrNO2/c18-13-6-7-17-14(10-13)15(8-9-21-17)19-16(11-20)12-4-2-1-3-5-12/h1-7,10,15-16,19-20H,8-9,11H2. The van der Waals surface area contributed by atoms with Crippen molar-refractivity contribution in [1.82, 2.24) is 5.32 Å². The summed E-state index contributed by atoms with van der Waals surface area (Å²) in [7, 11) is 0. The van der Waals surface area contributed by atoms with E-state index in [4.69, 9.17) is 4.74 Å². The fourth-order valence-corrected chi connectivity index (χ4v) is 3.10. The van der Waals surface area contributed by atoms with Crippen LogP contribution in [0, 0.1) is 0 Å². The summed E-state index contributed by atoms with van der Waals surface area (Å²) in [6.07, 6.45) is 0.896. The predicted octanol–water partition coefficient (Wildman–Crippen LogP) is 3.60. The van der Waals surface area contributed by atoms with Crippen molar-refractivity contribution in [2.75, 3.05) is 13.2 Å². The van der Waals surface area contributed by atoms with Crippen molar-refractivity contribution in [3.8, 4) is 5.75 Å². The van der Waals surface area contributed by atoms with Gasteiger partial charge in [-0.3, -0.25) is 0 Å². The molecule has 4 heteroatoms. The van der Waals surface area contributed by atoms with E-state index in [9.17, 15) is 5.11 Å². The van der Waals surface area contributed by atoms with Crippen molar-refractivity contribution < 1.29 is 9.84 Å². The summed E-state index contributed by atoms with van der Waals surface area (Å²) < 4.78 is 6.75. The predicted molar refractivity (Wildman–Crippen MR) is 86.4 cm³/mol. The molecule has 0 radical (unpaired) electrons. The smallest absolute Gasteiger partial charge is 0.124 e. The molecule has 0 aliphatic carbocycles. The summed E-state index contributed by atoms with van der Waals surface area (Å²) in [5, 5.41) is 13.3. The average molecular weight is 348 g/mol. The number of rotatable bonds is 4. The quantitative estimate of drug-likeness (QED) is 0.887. The highest BCUT2D eigenvalue weighted by Crippen LogP contribution is 2.35. The van der Waals surface area contributed by atoms with Gasteiger partial charge in [0, 0.05) is 22.5 Å². The molecule has 0 saturated carbocycles. The van der Waals surface area contributed by atoms with Crippen LogP contribution in [0.3, 0.4) is 0 Å². The summed E-state index contributed by atoms with van der Waals surface area (Å²) in [5.74, 6) is 0.923. The van der Waals surface area contributed by atoms with E-state index in [2.05, 4.69) is 27.3 Å². The maximum absolute atomic E-state index is 9.71. The van der Waals surface area contributed by atoms with Gasteiger partial charge in [0.25, 0.3) is 0 Å². The highest BCUT2D eigenvalue weighted by atomic mass is 79.9. The Morgan fingerprint density at radius 1 is 1.24 bits per heavy atom. The van der Waals surface area contributed by atoms with Crippen LogP contribution >= 0.6 is 15.9 Å². The third-order valence-corrected chi connectivity index (χ3v) is 4.29. The lowest BCUT2D eigenvalue weighted by Crippen LogP contribution is -2.32. The minimum atomic E-state index is -0.0684. The molecule has 2 N–H and O–H groups in total. The van der Waals surface area contributed by atoms with Gasteiger partial charge in [0.15, 0.2) is 0 Å². The van der Waals surface area contributed by atoms with E-state index in [-0.39, 0.29) is 18.7 Å². The summed E-state index contributed by atoms with van der Waals surface area (Å²) in [4.78, 5) is 0. The summed E-state index contributed by atoms with van der Waals surface area (Å²) >= 11 is 3.51. The molecule has 0 bridgehead atoms. The minimum absolute atomic E-state index is 0.0684. The minimum Gasteiger partial charge on any atom is -0.493 e. The molecule has 1 aliphatic heterocycles. The SMILES string of the molecule is OCC(NC1CCOc2ccc(Br)cc21)c1ccccc1. The van der Waals surface area contributed by atoms with Crippen molar-refractivity contribution in [2.45, 2.75) is 18.5 Å². The Balaban J connectivity index is 1.84. The van der Waals surface area contributed by atoms with Gasteiger partial charge < -0.3 is 15.2 Å². The van der Waals surface area contributed by atoms with Crippen LogP contribution < -0.4 is 10.1 Å². The van der Waals surface area contributed by atoms with Crippen LogP contribution in [0.25, 0.3) is 0 Å². The number of benzene rings is 2. The number of hydrogen-bond donors (Lipinski definition) is 2. The van der Waals surface area contributed by atoms with Crippen LogP contribution in [-0.2, 0) is 0 Å². The van der Waals surface area contributed by atoms with E-state index in [0.717, 1.165) is 27.8 Å². The Bertz CT molecular complexity index is 603. The van der Waals surface area contributed by atoms with Gasteiger partial charge in [-0.25, -0.2) is 0 Å². The molecule has 3 rings (SSSR count). The number of ether oxygens (including phenoxy) is 1. The molecule has 0 amide bonds. The van der Waals surface area contributed by atoms with E-state index >= 15 is 0 Å². The lowest BCUT2D eigenvalue weighted by atomic mass is 9.98. The number of halogens is 1. The topological polar surface area (TPSA) is 41.5 Å². The molecular weight excluding hydrogens is 330 g/mol. The highest BCUT2D eigenvalue weighted by Gasteiger charge is 2.24. The number of hydrogen-bond acceptors (Lipinski definition) is 3. The van der Waals surface area contributed by atoms with Gasteiger partial charge in [-0.2, -0.15) is 0 Å². The molecule has 1 heterocycles. The number of fused-ring (bicyclic) bond motifs is 1. The normalized spacial score (nSPS) is 18.7. The second kappa shape index (κ2) is 6.60. The largest absolute Gasteiger partial charge is 0.493 e. The second-order valence-electron chi connectivity index (χ2n) is 5.18. The zero-order valence-electron chi connectivity index (χ0n) is 11.6. The molecule has 2 atom stereocenters. The molecular formula is C17H18BrNO2. The molecule has 3 nitrogen and oxygen atoms in total. The second-order valence-corrected chi connectivity index (χ2v) is 6.10. The monoisotopic (exact) mass is 347 g/mol. The Kier molecular flexibility index (Phi) is 4.58. The van der Waals surface area contributed by atoms with Gasteiger partial charge in [-0.15, -0.1) is 0 Å². The highest BCUT2D eigenvalue weighted by molar-refractivity contribution is 9.10. The van der Waals surface area contributed by atoms with E-state index in [1.807, 2.05) is 42.5 Å². The van der Waals surface area contributed by atoms with Gasteiger partial charge in [0.05, 0.1) is 19.3 Å². The zero-order chi connectivity index (χ0) is 14.7. The van der Waals surface area contributed by atoms with Crippen LogP contribution in [0.4, 0.5) is 0 Å². The molecule has 0 aromatic heterocycles. The molecule has 2 aromatic carbocycles. The molecule has 0 fully saturated rings. The lowest BCUT2D eigenvalue weighted by Gasteiger charge is -2.30. The first kappa shape index (κ1) is 14.6. The van der Waals surface area contributed by atoms with Gasteiger partial charge in [0.2, 0.25) is 0 Å². The fourth-order valence-electron chi connectivity index (χ4n) is 2.72.